The summed E-state index contributed by atoms with van der Waals surface area (Å²) in [6, 6.07) is 5.32. The molecule has 1 N–H and O–H groups in total. The summed E-state index contributed by atoms with van der Waals surface area (Å²) < 4.78 is 32.9. The van der Waals surface area contributed by atoms with E-state index in [0.29, 0.717) is 60.7 Å². The molecule has 0 spiro atoms. The van der Waals surface area contributed by atoms with E-state index in [2.05, 4.69) is 15.2 Å². The van der Waals surface area contributed by atoms with Gasteiger partial charge in [0.2, 0.25) is 15.9 Å². The molecule has 34 heavy (non-hydrogen) atoms. The number of sulfonamides is 1. The zero-order valence-corrected chi connectivity index (χ0v) is 20.6. The van der Waals surface area contributed by atoms with Gasteiger partial charge in [-0.15, -0.1) is 0 Å². The Morgan fingerprint density at radius 1 is 1.29 bits per heavy atom. The molecule has 1 amide bonds. The van der Waals surface area contributed by atoms with Gasteiger partial charge in [0.05, 0.1) is 18.2 Å². The molecule has 3 aromatic heterocycles. The standard InChI is InChI=1S/C23H29N5O5S/c1-5-21(29)25-20-10-16(6-7-24-20)19-14-26(3)23(30)18-11-17(33-22(18)19)13-27-8-9-28(12-15(27)2)34(4,31)32/h6-7,10-11,14-15H,5,8-9,12-13H2,1-4H3,(H,24,25,29)/t15-/m1/s1. The van der Waals surface area contributed by atoms with Gasteiger partial charge in [0.1, 0.15) is 17.2 Å². The number of nitrogens with zero attached hydrogens (tertiary/aromatic N) is 4. The van der Waals surface area contributed by atoms with E-state index >= 15 is 0 Å². The van der Waals surface area contributed by atoms with Crippen molar-refractivity contribution in [3.8, 4) is 11.1 Å². The molecule has 11 heteroatoms. The van der Waals surface area contributed by atoms with Crippen LogP contribution in [0.15, 0.2) is 39.8 Å². The van der Waals surface area contributed by atoms with Crippen LogP contribution >= 0.6 is 0 Å². The molecular formula is C23H29N5O5S. The van der Waals surface area contributed by atoms with Crippen molar-refractivity contribution in [2.24, 2.45) is 7.05 Å². The van der Waals surface area contributed by atoms with Gasteiger partial charge in [0.25, 0.3) is 5.56 Å². The van der Waals surface area contributed by atoms with Crippen LogP contribution in [0.1, 0.15) is 26.0 Å². The first-order chi connectivity index (χ1) is 16.1. The van der Waals surface area contributed by atoms with Crippen molar-refractivity contribution in [2.75, 3.05) is 31.2 Å². The fourth-order valence-electron chi connectivity index (χ4n) is 4.18. The number of fused-ring (bicyclic) bond motifs is 1. The number of carbonyl (C=O) groups is 1. The molecule has 3 aromatic rings. The number of anilines is 1. The minimum absolute atomic E-state index is 0.00363. The smallest absolute Gasteiger partial charge is 0.261 e. The van der Waals surface area contributed by atoms with Crippen LogP contribution < -0.4 is 10.9 Å². The lowest BCUT2D eigenvalue weighted by atomic mass is 10.1. The van der Waals surface area contributed by atoms with Gasteiger partial charge in [-0.2, -0.15) is 4.31 Å². The number of aromatic nitrogens is 2. The van der Waals surface area contributed by atoms with Gasteiger partial charge in [-0.05, 0) is 30.7 Å². The van der Waals surface area contributed by atoms with Crippen molar-refractivity contribution in [1.82, 2.24) is 18.8 Å². The summed E-state index contributed by atoms with van der Waals surface area (Å²) in [5.41, 5.74) is 1.78. The molecule has 0 aromatic carbocycles. The van der Waals surface area contributed by atoms with Crippen molar-refractivity contribution in [1.29, 1.82) is 0 Å². The van der Waals surface area contributed by atoms with E-state index in [-0.39, 0.29) is 17.5 Å². The second-order valence-electron chi connectivity index (χ2n) is 8.69. The summed E-state index contributed by atoms with van der Waals surface area (Å²) >= 11 is 0. The minimum Gasteiger partial charge on any atom is -0.459 e. The van der Waals surface area contributed by atoms with Gasteiger partial charge < -0.3 is 14.3 Å². The molecule has 1 atom stereocenters. The minimum atomic E-state index is -3.23. The predicted octanol–water partition coefficient (Wildman–Crippen LogP) is 2.01. The van der Waals surface area contributed by atoms with Gasteiger partial charge in [0, 0.05) is 57.1 Å². The highest BCUT2D eigenvalue weighted by molar-refractivity contribution is 7.88. The zero-order valence-electron chi connectivity index (χ0n) is 19.7. The predicted molar refractivity (Wildman–Crippen MR) is 130 cm³/mol. The van der Waals surface area contributed by atoms with E-state index < -0.39 is 10.0 Å². The van der Waals surface area contributed by atoms with E-state index in [1.807, 2.05) is 6.92 Å². The van der Waals surface area contributed by atoms with Crippen molar-refractivity contribution >= 4 is 32.7 Å². The van der Waals surface area contributed by atoms with Crippen LogP contribution in [-0.2, 0) is 28.4 Å². The summed E-state index contributed by atoms with van der Waals surface area (Å²) in [6.07, 6.45) is 4.88. The maximum Gasteiger partial charge on any atom is 0.261 e. The Labute approximate surface area is 198 Å². The quantitative estimate of drug-likeness (QED) is 0.565. The van der Waals surface area contributed by atoms with Crippen molar-refractivity contribution in [3.63, 3.8) is 0 Å². The average Bonchev–Trinajstić information content (AvgIpc) is 3.21. The zero-order chi connectivity index (χ0) is 24.6. The summed E-state index contributed by atoms with van der Waals surface area (Å²) in [5, 5.41) is 3.22. The molecule has 0 unspecified atom stereocenters. The van der Waals surface area contributed by atoms with Crippen LogP contribution in [0.3, 0.4) is 0 Å². The molecule has 4 rings (SSSR count). The molecule has 10 nitrogen and oxygen atoms in total. The van der Waals surface area contributed by atoms with Gasteiger partial charge >= 0.3 is 0 Å². The van der Waals surface area contributed by atoms with Crippen LogP contribution in [0.25, 0.3) is 22.1 Å². The first-order valence-corrected chi connectivity index (χ1v) is 13.0. The summed E-state index contributed by atoms with van der Waals surface area (Å²) in [4.78, 5) is 31.0. The van der Waals surface area contributed by atoms with Crippen LogP contribution in [0.5, 0.6) is 0 Å². The van der Waals surface area contributed by atoms with Crippen LogP contribution in [0.4, 0.5) is 5.82 Å². The fraction of sp³-hybridized carbons (Fsp3) is 0.435. The highest BCUT2D eigenvalue weighted by Gasteiger charge is 2.29. The van der Waals surface area contributed by atoms with E-state index in [1.165, 1.54) is 15.1 Å². The summed E-state index contributed by atoms with van der Waals surface area (Å²) in [5.74, 6) is 0.920. The maximum atomic E-state index is 12.8. The monoisotopic (exact) mass is 487 g/mol. The lowest BCUT2D eigenvalue weighted by Gasteiger charge is -2.38. The lowest BCUT2D eigenvalue weighted by Crippen LogP contribution is -2.52. The van der Waals surface area contributed by atoms with E-state index in [1.54, 1.807) is 44.6 Å². The number of aryl methyl sites for hydroxylation is 1. The fourth-order valence-corrected chi connectivity index (χ4v) is 5.08. The first-order valence-electron chi connectivity index (χ1n) is 11.1. The molecule has 1 aliphatic heterocycles. The highest BCUT2D eigenvalue weighted by atomic mass is 32.2. The van der Waals surface area contributed by atoms with Crippen molar-refractivity contribution in [3.05, 3.63) is 46.7 Å². The highest BCUT2D eigenvalue weighted by Crippen LogP contribution is 2.31. The van der Waals surface area contributed by atoms with Crippen molar-refractivity contribution in [2.45, 2.75) is 32.9 Å². The van der Waals surface area contributed by atoms with Crippen molar-refractivity contribution < 1.29 is 17.6 Å². The van der Waals surface area contributed by atoms with E-state index in [0.717, 1.165) is 5.56 Å². The number of hydrogen-bond acceptors (Lipinski definition) is 7. The van der Waals surface area contributed by atoms with Crippen LogP contribution in [0, 0.1) is 0 Å². The molecule has 0 aliphatic carbocycles. The third kappa shape index (κ3) is 4.91. The molecule has 0 saturated carbocycles. The van der Waals surface area contributed by atoms with Gasteiger partial charge in [-0.3, -0.25) is 14.5 Å². The summed E-state index contributed by atoms with van der Waals surface area (Å²) in [6.45, 7) is 5.61. The second kappa shape index (κ2) is 9.32. The number of amides is 1. The van der Waals surface area contributed by atoms with Gasteiger partial charge in [-0.25, -0.2) is 13.4 Å². The molecule has 182 valence electrons. The Bertz CT molecular complexity index is 1390. The third-order valence-corrected chi connectivity index (χ3v) is 7.39. The topological polar surface area (TPSA) is 118 Å². The Morgan fingerprint density at radius 3 is 2.74 bits per heavy atom. The molecule has 1 saturated heterocycles. The number of nitrogens with one attached hydrogen (secondary N) is 1. The molecular weight excluding hydrogens is 458 g/mol. The number of hydrogen-bond donors (Lipinski definition) is 1. The molecule has 0 radical (unpaired) electrons. The molecule has 4 heterocycles. The summed E-state index contributed by atoms with van der Waals surface area (Å²) in [7, 11) is -1.54. The number of carbonyl (C=O) groups excluding carboxylic acids is 1. The van der Waals surface area contributed by atoms with Gasteiger partial charge in [0.15, 0.2) is 0 Å². The van der Waals surface area contributed by atoms with E-state index in [9.17, 15) is 18.0 Å². The van der Waals surface area contributed by atoms with E-state index in [4.69, 9.17) is 4.42 Å². The first kappa shape index (κ1) is 24.1. The Hall–Kier alpha value is -3.02. The lowest BCUT2D eigenvalue weighted by molar-refractivity contribution is -0.115. The van der Waals surface area contributed by atoms with Gasteiger partial charge in [-0.1, -0.05) is 6.92 Å². The second-order valence-corrected chi connectivity index (χ2v) is 10.7. The molecule has 1 aliphatic rings. The average molecular weight is 488 g/mol. The Balaban J connectivity index is 1.66. The normalized spacial score (nSPS) is 17.8. The van der Waals surface area contributed by atoms with Crippen LogP contribution in [-0.4, -0.2) is 65.0 Å². The Kier molecular flexibility index (Phi) is 6.61. The molecule has 0 bridgehead atoms. The number of furan rings is 1. The Morgan fingerprint density at radius 2 is 2.06 bits per heavy atom. The maximum absolute atomic E-state index is 12.8. The molecule has 1 fully saturated rings. The largest absolute Gasteiger partial charge is 0.459 e. The number of rotatable bonds is 6. The SMILES string of the molecule is CCC(=O)Nc1cc(-c2cn(C)c(=O)c3cc(CN4CCN(S(C)(=O)=O)C[C@H]4C)oc23)ccn1. The van der Waals surface area contributed by atoms with Crippen LogP contribution in [0.2, 0.25) is 0 Å². The third-order valence-electron chi connectivity index (χ3n) is 6.12. The number of piperazine rings is 1. The number of pyridine rings is 2.